The second-order valence-electron chi connectivity index (χ2n) is 6.32. The van der Waals surface area contributed by atoms with Gasteiger partial charge in [-0.25, -0.2) is 0 Å². The molecule has 7 heteroatoms. The molecule has 2 atom stereocenters. The van der Waals surface area contributed by atoms with E-state index in [4.69, 9.17) is 28.4 Å². The van der Waals surface area contributed by atoms with Crippen LogP contribution in [0.15, 0.2) is 24.3 Å². The number of carbonyl (C=O) groups excluding carboxylic acids is 1. The SMILES string of the molecule is COC(=O)CC1(OC)CCC(OC)(C(OC)(OC)c2ccc(C)cc2)O1. The van der Waals surface area contributed by atoms with Crippen LogP contribution in [0.2, 0.25) is 0 Å². The molecule has 0 bridgehead atoms. The van der Waals surface area contributed by atoms with Gasteiger partial charge < -0.3 is 28.4 Å². The quantitative estimate of drug-likeness (QED) is 0.516. The van der Waals surface area contributed by atoms with Crippen molar-refractivity contribution in [2.75, 3.05) is 35.5 Å². The Kier molecular flexibility index (Phi) is 6.42. The fourth-order valence-electron chi connectivity index (χ4n) is 3.52. The normalized spacial score (nSPS) is 26.1. The van der Waals surface area contributed by atoms with Crippen LogP contribution in [-0.2, 0) is 39.0 Å². The van der Waals surface area contributed by atoms with Gasteiger partial charge in [0.2, 0.25) is 5.79 Å². The molecule has 0 N–H and O–H groups in total. The van der Waals surface area contributed by atoms with E-state index >= 15 is 0 Å². The van der Waals surface area contributed by atoms with Crippen molar-refractivity contribution in [2.45, 2.75) is 43.5 Å². The monoisotopic (exact) mass is 368 g/mol. The molecule has 1 fully saturated rings. The lowest BCUT2D eigenvalue weighted by atomic mass is 9.92. The Hall–Kier alpha value is -1.51. The summed E-state index contributed by atoms with van der Waals surface area (Å²) < 4.78 is 34.0. The van der Waals surface area contributed by atoms with Crippen molar-refractivity contribution >= 4 is 5.97 Å². The second-order valence-corrected chi connectivity index (χ2v) is 6.32. The third-order valence-electron chi connectivity index (χ3n) is 5.04. The molecule has 1 aromatic rings. The molecule has 0 spiro atoms. The maximum atomic E-state index is 11.8. The van der Waals surface area contributed by atoms with Gasteiger partial charge in [0.1, 0.15) is 0 Å². The lowest BCUT2D eigenvalue weighted by molar-refractivity contribution is -0.424. The smallest absolute Gasteiger partial charge is 0.310 e. The molecular formula is C19H28O7. The van der Waals surface area contributed by atoms with Crippen molar-refractivity contribution in [2.24, 2.45) is 0 Å². The Balaban J connectivity index is 2.48. The second kappa shape index (κ2) is 8.02. The van der Waals surface area contributed by atoms with Crippen LogP contribution in [0.5, 0.6) is 0 Å². The fraction of sp³-hybridized carbons (Fsp3) is 0.632. The zero-order chi connectivity index (χ0) is 19.4. The average Bonchev–Trinajstić information content (AvgIpc) is 3.05. The lowest BCUT2D eigenvalue weighted by Gasteiger charge is -2.45. The van der Waals surface area contributed by atoms with Gasteiger partial charge in [0, 0.05) is 46.8 Å². The lowest BCUT2D eigenvalue weighted by Crippen LogP contribution is -2.57. The number of hydrogen-bond donors (Lipinski definition) is 0. The number of ether oxygens (including phenoxy) is 6. The van der Waals surface area contributed by atoms with E-state index in [9.17, 15) is 4.79 Å². The van der Waals surface area contributed by atoms with E-state index in [0.717, 1.165) is 11.1 Å². The Morgan fingerprint density at radius 1 is 1.04 bits per heavy atom. The maximum absolute atomic E-state index is 11.8. The van der Waals surface area contributed by atoms with E-state index in [0.29, 0.717) is 12.8 Å². The molecule has 0 aliphatic carbocycles. The van der Waals surface area contributed by atoms with Gasteiger partial charge in [0.25, 0.3) is 5.79 Å². The van der Waals surface area contributed by atoms with E-state index in [-0.39, 0.29) is 6.42 Å². The van der Waals surface area contributed by atoms with Crippen molar-refractivity contribution in [3.05, 3.63) is 35.4 Å². The highest BCUT2D eigenvalue weighted by atomic mass is 16.8. The van der Waals surface area contributed by atoms with Crippen LogP contribution >= 0.6 is 0 Å². The summed E-state index contributed by atoms with van der Waals surface area (Å²) in [6.45, 7) is 2.00. The van der Waals surface area contributed by atoms with Gasteiger partial charge in [0.05, 0.1) is 13.5 Å². The van der Waals surface area contributed by atoms with Gasteiger partial charge in [-0.2, -0.15) is 0 Å². The summed E-state index contributed by atoms with van der Waals surface area (Å²) in [5.41, 5.74) is 1.84. The Morgan fingerprint density at radius 3 is 2.12 bits per heavy atom. The molecular weight excluding hydrogens is 340 g/mol. The van der Waals surface area contributed by atoms with Crippen LogP contribution in [0.3, 0.4) is 0 Å². The first-order valence-electron chi connectivity index (χ1n) is 8.41. The third kappa shape index (κ3) is 3.37. The largest absolute Gasteiger partial charge is 0.469 e. The molecule has 1 aliphatic heterocycles. The number of hydrogen-bond acceptors (Lipinski definition) is 7. The molecule has 1 aliphatic rings. The summed E-state index contributed by atoms with van der Waals surface area (Å²) in [6, 6.07) is 7.72. The van der Waals surface area contributed by atoms with E-state index in [1.54, 1.807) is 0 Å². The van der Waals surface area contributed by atoms with Crippen molar-refractivity contribution in [3.63, 3.8) is 0 Å². The highest BCUT2D eigenvalue weighted by Gasteiger charge is 2.64. The first-order chi connectivity index (χ1) is 12.4. The van der Waals surface area contributed by atoms with E-state index in [1.165, 1.54) is 35.5 Å². The number of esters is 1. The Bertz CT molecular complexity index is 611. The van der Waals surface area contributed by atoms with Gasteiger partial charge in [-0.3, -0.25) is 4.79 Å². The van der Waals surface area contributed by atoms with E-state index < -0.39 is 23.3 Å². The number of benzene rings is 1. The molecule has 0 amide bonds. The molecule has 0 saturated carbocycles. The highest BCUT2D eigenvalue weighted by Crippen LogP contribution is 2.52. The Labute approximate surface area is 154 Å². The Morgan fingerprint density at radius 2 is 1.65 bits per heavy atom. The third-order valence-corrected chi connectivity index (χ3v) is 5.04. The van der Waals surface area contributed by atoms with E-state index in [1.807, 2.05) is 31.2 Å². The maximum Gasteiger partial charge on any atom is 0.310 e. The molecule has 0 aromatic heterocycles. The summed E-state index contributed by atoms with van der Waals surface area (Å²) in [5.74, 6) is -4.27. The molecule has 26 heavy (non-hydrogen) atoms. The molecule has 1 heterocycles. The van der Waals surface area contributed by atoms with Gasteiger partial charge in [-0.05, 0) is 6.92 Å². The summed E-state index contributed by atoms with van der Waals surface area (Å²) in [7, 11) is 7.39. The topological polar surface area (TPSA) is 72.5 Å². The number of methoxy groups -OCH3 is 5. The van der Waals surface area contributed by atoms with Crippen LogP contribution < -0.4 is 0 Å². The van der Waals surface area contributed by atoms with E-state index in [2.05, 4.69) is 0 Å². The van der Waals surface area contributed by atoms with Crippen molar-refractivity contribution in [1.82, 2.24) is 0 Å². The molecule has 2 rings (SSSR count). The number of aryl methyl sites for hydroxylation is 1. The summed E-state index contributed by atoms with van der Waals surface area (Å²) in [5, 5.41) is 0. The zero-order valence-corrected chi connectivity index (χ0v) is 16.3. The molecule has 0 radical (unpaired) electrons. The molecule has 1 aromatic carbocycles. The van der Waals surface area contributed by atoms with Crippen molar-refractivity contribution in [1.29, 1.82) is 0 Å². The van der Waals surface area contributed by atoms with Gasteiger partial charge in [-0.1, -0.05) is 29.8 Å². The van der Waals surface area contributed by atoms with Gasteiger partial charge in [0.15, 0.2) is 5.79 Å². The summed E-state index contributed by atoms with van der Waals surface area (Å²) >= 11 is 0. The van der Waals surface area contributed by atoms with Crippen LogP contribution in [0.1, 0.15) is 30.4 Å². The minimum absolute atomic E-state index is 0.0669. The van der Waals surface area contributed by atoms with Crippen molar-refractivity contribution < 1.29 is 33.2 Å². The van der Waals surface area contributed by atoms with Crippen LogP contribution in [0, 0.1) is 6.92 Å². The fourth-order valence-corrected chi connectivity index (χ4v) is 3.52. The number of rotatable bonds is 8. The minimum Gasteiger partial charge on any atom is -0.469 e. The number of carbonyl (C=O) groups is 1. The van der Waals surface area contributed by atoms with Gasteiger partial charge >= 0.3 is 5.97 Å². The predicted molar refractivity (Wildman–Crippen MR) is 93.3 cm³/mol. The molecule has 1 saturated heterocycles. The highest BCUT2D eigenvalue weighted by molar-refractivity contribution is 5.70. The molecule has 2 unspecified atom stereocenters. The first kappa shape index (κ1) is 20.8. The zero-order valence-electron chi connectivity index (χ0n) is 16.3. The standard InChI is InChI=1S/C19H28O7/c1-14-7-9-15(10-8-14)19(24-5,25-6)18(23-4)12-11-17(22-3,26-18)13-16(20)21-2/h7-10H,11-13H2,1-6H3. The molecule has 146 valence electrons. The average molecular weight is 368 g/mol. The molecule has 7 nitrogen and oxygen atoms in total. The summed E-state index contributed by atoms with van der Waals surface area (Å²) in [4.78, 5) is 11.8. The predicted octanol–water partition coefficient (Wildman–Crippen LogP) is 2.50. The van der Waals surface area contributed by atoms with Gasteiger partial charge in [-0.15, -0.1) is 0 Å². The van der Waals surface area contributed by atoms with Crippen LogP contribution in [0.4, 0.5) is 0 Å². The van der Waals surface area contributed by atoms with Crippen LogP contribution in [0.25, 0.3) is 0 Å². The van der Waals surface area contributed by atoms with Crippen LogP contribution in [-0.4, -0.2) is 53.1 Å². The first-order valence-corrected chi connectivity index (χ1v) is 8.41. The summed E-state index contributed by atoms with van der Waals surface area (Å²) in [6.07, 6.45) is 0.735. The van der Waals surface area contributed by atoms with Crippen molar-refractivity contribution in [3.8, 4) is 0 Å². The minimum atomic E-state index is -1.34.